The highest BCUT2D eigenvalue weighted by Crippen LogP contribution is 2.24. The maximum atomic E-state index is 12.4. The normalized spacial score (nSPS) is 18.4. The number of rotatable bonds is 4. The van der Waals surface area contributed by atoms with Gasteiger partial charge in [-0.05, 0) is 25.8 Å². The molecular formula is C14H17ClN2O4. The summed E-state index contributed by atoms with van der Waals surface area (Å²) in [4.78, 5) is 29.0. The van der Waals surface area contributed by atoms with Crippen LogP contribution in [0, 0.1) is 5.92 Å². The molecule has 1 aromatic heterocycles. The summed E-state index contributed by atoms with van der Waals surface area (Å²) in [6.07, 6.45) is 2.69. The first kappa shape index (κ1) is 15.6. The number of carboxylic acid groups (broad SMARTS) is 1. The SMILES string of the molecule is CCOc1ncc(C(=O)N2CCC[C@H](C(=O)O)C2)cc1Cl. The highest BCUT2D eigenvalue weighted by molar-refractivity contribution is 6.32. The second-order valence-electron chi connectivity index (χ2n) is 4.87. The lowest BCUT2D eigenvalue weighted by Gasteiger charge is -2.30. The Balaban J connectivity index is 2.12. The molecule has 0 saturated carbocycles. The molecular weight excluding hydrogens is 296 g/mol. The highest BCUT2D eigenvalue weighted by atomic mass is 35.5. The van der Waals surface area contributed by atoms with Crippen LogP contribution in [0.1, 0.15) is 30.1 Å². The summed E-state index contributed by atoms with van der Waals surface area (Å²) < 4.78 is 5.22. The van der Waals surface area contributed by atoms with Crippen LogP contribution < -0.4 is 4.74 Å². The smallest absolute Gasteiger partial charge is 0.308 e. The van der Waals surface area contributed by atoms with Gasteiger partial charge in [-0.2, -0.15) is 0 Å². The number of nitrogens with zero attached hydrogens (tertiary/aromatic N) is 2. The molecule has 0 radical (unpaired) electrons. The summed E-state index contributed by atoms with van der Waals surface area (Å²) >= 11 is 6.02. The van der Waals surface area contributed by atoms with E-state index >= 15 is 0 Å². The number of hydrogen-bond donors (Lipinski definition) is 1. The number of carboxylic acids is 1. The molecule has 7 heteroatoms. The van der Waals surface area contributed by atoms with Gasteiger partial charge < -0.3 is 14.7 Å². The van der Waals surface area contributed by atoms with Gasteiger partial charge >= 0.3 is 5.97 Å². The topological polar surface area (TPSA) is 79.7 Å². The van der Waals surface area contributed by atoms with Crippen LogP contribution in [0.4, 0.5) is 0 Å². The van der Waals surface area contributed by atoms with Crippen molar-refractivity contribution in [1.29, 1.82) is 0 Å². The minimum Gasteiger partial charge on any atom is -0.481 e. The highest BCUT2D eigenvalue weighted by Gasteiger charge is 2.29. The molecule has 6 nitrogen and oxygen atoms in total. The number of carbonyl (C=O) groups is 2. The Kier molecular flexibility index (Phi) is 5.01. The summed E-state index contributed by atoms with van der Waals surface area (Å²) in [5, 5.41) is 9.33. The zero-order chi connectivity index (χ0) is 15.4. The van der Waals surface area contributed by atoms with E-state index in [0.29, 0.717) is 31.6 Å². The van der Waals surface area contributed by atoms with Gasteiger partial charge in [0.15, 0.2) is 0 Å². The number of piperidine rings is 1. The molecule has 0 bridgehead atoms. The van der Waals surface area contributed by atoms with Crippen molar-refractivity contribution in [2.45, 2.75) is 19.8 Å². The van der Waals surface area contributed by atoms with Crippen LogP contribution in [0.2, 0.25) is 5.02 Å². The van der Waals surface area contributed by atoms with E-state index < -0.39 is 11.9 Å². The largest absolute Gasteiger partial charge is 0.481 e. The molecule has 1 N–H and O–H groups in total. The van der Waals surface area contributed by atoms with E-state index in [1.54, 1.807) is 0 Å². The van der Waals surface area contributed by atoms with Crippen LogP contribution in [0.3, 0.4) is 0 Å². The lowest BCUT2D eigenvalue weighted by atomic mass is 9.98. The van der Waals surface area contributed by atoms with Gasteiger partial charge in [-0.25, -0.2) is 4.98 Å². The second kappa shape index (κ2) is 6.76. The Morgan fingerprint density at radius 1 is 1.57 bits per heavy atom. The fourth-order valence-electron chi connectivity index (χ4n) is 2.33. The molecule has 0 aromatic carbocycles. The van der Waals surface area contributed by atoms with E-state index in [1.165, 1.54) is 17.2 Å². The first-order valence-corrected chi connectivity index (χ1v) is 7.21. The van der Waals surface area contributed by atoms with Crippen molar-refractivity contribution in [3.63, 3.8) is 0 Å². The monoisotopic (exact) mass is 312 g/mol. The number of pyridine rings is 1. The molecule has 0 unspecified atom stereocenters. The van der Waals surface area contributed by atoms with Gasteiger partial charge in [-0.15, -0.1) is 0 Å². The third kappa shape index (κ3) is 3.64. The van der Waals surface area contributed by atoms with E-state index in [4.69, 9.17) is 21.4 Å². The first-order valence-electron chi connectivity index (χ1n) is 6.83. The van der Waals surface area contributed by atoms with Crippen LogP contribution in [0.15, 0.2) is 12.3 Å². The maximum Gasteiger partial charge on any atom is 0.308 e. The number of ether oxygens (including phenoxy) is 1. The maximum absolute atomic E-state index is 12.4. The molecule has 0 aliphatic carbocycles. The summed E-state index contributed by atoms with van der Waals surface area (Å²) in [6.45, 7) is 3.02. The molecule has 1 aliphatic rings. The number of aromatic nitrogens is 1. The number of likely N-dealkylation sites (tertiary alicyclic amines) is 1. The van der Waals surface area contributed by atoms with Crippen LogP contribution in [0.25, 0.3) is 0 Å². The van der Waals surface area contributed by atoms with Crippen LogP contribution in [-0.2, 0) is 4.79 Å². The Labute approximate surface area is 127 Å². The predicted octanol–water partition coefficient (Wildman–Crippen LogP) is 2.07. The Morgan fingerprint density at radius 2 is 2.33 bits per heavy atom. The number of amides is 1. The van der Waals surface area contributed by atoms with Gasteiger partial charge in [0.1, 0.15) is 5.02 Å². The lowest BCUT2D eigenvalue weighted by molar-refractivity contribution is -0.143. The Hall–Kier alpha value is -1.82. The summed E-state index contributed by atoms with van der Waals surface area (Å²) in [6, 6.07) is 1.51. The standard InChI is InChI=1S/C14H17ClN2O4/c1-2-21-12-11(15)6-10(7-16-12)13(18)17-5-3-4-9(8-17)14(19)20/h6-7,9H,2-5,8H2,1H3,(H,19,20)/t9-/m0/s1. The van der Waals surface area contributed by atoms with Crippen molar-refractivity contribution in [2.24, 2.45) is 5.92 Å². The molecule has 1 saturated heterocycles. The van der Waals surface area contributed by atoms with Crippen LogP contribution in [-0.4, -0.2) is 46.6 Å². The second-order valence-corrected chi connectivity index (χ2v) is 5.28. The van der Waals surface area contributed by atoms with Crippen molar-refractivity contribution in [3.8, 4) is 5.88 Å². The fraction of sp³-hybridized carbons (Fsp3) is 0.500. The fourth-order valence-corrected chi connectivity index (χ4v) is 2.55. The average Bonchev–Trinajstić information content (AvgIpc) is 2.49. The van der Waals surface area contributed by atoms with Gasteiger partial charge in [-0.1, -0.05) is 11.6 Å². The third-order valence-electron chi connectivity index (χ3n) is 3.39. The minimum atomic E-state index is -0.865. The van der Waals surface area contributed by atoms with E-state index in [-0.39, 0.29) is 23.4 Å². The van der Waals surface area contributed by atoms with Gasteiger partial charge in [-0.3, -0.25) is 9.59 Å². The lowest BCUT2D eigenvalue weighted by Crippen LogP contribution is -2.42. The quantitative estimate of drug-likeness (QED) is 0.920. The number of hydrogen-bond acceptors (Lipinski definition) is 4. The van der Waals surface area contributed by atoms with E-state index in [9.17, 15) is 9.59 Å². The summed E-state index contributed by atoms with van der Waals surface area (Å²) in [5.74, 6) is -1.33. The average molecular weight is 313 g/mol. The molecule has 1 atom stereocenters. The minimum absolute atomic E-state index is 0.221. The molecule has 1 aliphatic heterocycles. The Morgan fingerprint density at radius 3 is 2.95 bits per heavy atom. The zero-order valence-corrected chi connectivity index (χ0v) is 12.5. The van der Waals surface area contributed by atoms with Gasteiger partial charge in [0.05, 0.1) is 18.1 Å². The molecule has 21 heavy (non-hydrogen) atoms. The van der Waals surface area contributed by atoms with Crippen LogP contribution >= 0.6 is 11.6 Å². The van der Waals surface area contributed by atoms with Crippen molar-refractivity contribution >= 4 is 23.5 Å². The van der Waals surface area contributed by atoms with Crippen LogP contribution in [0.5, 0.6) is 5.88 Å². The van der Waals surface area contributed by atoms with Crippen molar-refractivity contribution in [2.75, 3.05) is 19.7 Å². The molecule has 1 aromatic rings. The van der Waals surface area contributed by atoms with Crippen molar-refractivity contribution in [1.82, 2.24) is 9.88 Å². The van der Waals surface area contributed by atoms with Gasteiger partial charge in [0.25, 0.3) is 5.91 Å². The Bertz CT molecular complexity index is 550. The van der Waals surface area contributed by atoms with E-state index in [2.05, 4.69) is 4.98 Å². The number of aliphatic carboxylic acids is 1. The molecule has 2 rings (SSSR count). The first-order chi connectivity index (χ1) is 10.0. The molecule has 114 valence electrons. The molecule has 1 fully saturated rings. The zero-order valence-electron chi connectivity index (χ0n) is 11.7. The van der Waals surface area contributed by atoms with E-state index in [0.717, 1.165) is 0 Å². The summed E-state index contributed by atoms with van der Waals surface area (Å²) in [5.41, 5.74) is 0.342. The predicted molar refractivity (Wildman–Crippen MR) is 76.7 cm³/mol. The molecule has 2 heterocycles. The molecule has 1 amide bonds. The van der Waals surface area contributed by atoms with Gasteiger partial charge in [0.2, 0.25) is 5.88 Å². The van der Waals surface area contributed by atoms with E-state index in [1.807, 2.05) is 6.92 Å². The number of carbonyl (C=O) groups excluding carboxylic acids is 1. The van der Waals surface area contributed by atoms with Crippen molar-refractivity contribution in [3.05, 3.63) is 22.8 Å². The number of halogens is 1. The molecule has 0 spiro atoms. The van der Waals surface area contributed by atoms with Gasteiger partial charge in [0, 0.05) is 19.3 Å². The third-order valence-corrected chi connectivity index (χ3v) is 3.66. The summed E-state index contributed by atoms with van der Waals surface area (Å²) in [7, 11) is 0. The van der Waals surface area contributed by atoms with Crippen molar-refractivity contribution < 1.29 is 19.4 Å².